The smallest absolute Gasteiger partial charge is 0.126 e. The molecule has 1 fully saturated rings. The average molecular weight is 310 g/mol. The first-order valence-corrected chi connectivity index (χ1v) is 7.34. The van der Waals surface area contributed by atoms with Crippen LogP contribution in [0.3, 0.4) is 0 Å². The second kappa shape index (κ2) is 5.74. The van der Waals surface area contributed by atoms with Crippen LogP contribution in [0.4, 0.5) is 5.69 Å². The van der Waals surface area contributed by atoms with Crippen LogP contribution in [-0.4, -0.2) is 18.4 Å². The molecule has 0 atom stereocenters. The Labute approximate surface area is 117 Å². The molecule has 0 amide bonds. The molecular formula is C14H20BrN3. The van der Waals surface area contributed by atoms with E-state index in [-0.39, 0.29) is 5.84 Å². The maximum absolute atomic E-state index is 7.78. The first-order chi connectivity index (χ1) is 8.65. The summed E-state index contributed by atoms with van der Waals surface area (Å²) < 4.78 is 0.906. The van der Waals surface area contributed by atoms with E-state index in [2.05, 4.69) is 33.8 Å². The minimum Gasteiger partial charge on any atom is -0.384 e. The zero-order valence-corrected chi connectivity index (χ0v) is 12.3. The zero-order chi connectivity index (χ0) is 13.1. The van der Waals surface area contributed by atoms with Crippen LogP contribution in [-0.2, 0) is 0 Å². The molecule has 0 radical (unpaired) electrons. The lowest BCUT2D eigenvalue weighted by molar-refractivity contribution is 0.619. The summed E-state index contributed by atoms with van der Waals surface area (Å²) in [6.45, 7) is 3.13. The predicted octanol–water partition coefficient (Wildman–Crippen LogP) is 3.50. The van der Waals surface area contributed by atoms with Gasteiger partial charge in [0.25, 0.3) is 0 Å². The number of nitrogen functional groups attached to an aromatic ring is 1. The third kappa shape index (κ3) is 2.53. The van der Waals surface area contributed by atoms with Gasteiger partial charge in [0.05, 0.1) is 5.56 Å². The Hall–Kier alpha value is -1.03. The van der Waals surface area contributed by atoms with E-state index in [1.54, 1.807) is 0 Å². The van der Waals surface area contributed by atoms with Crippen molar-refractivity contribution in [2.24, 2.45) is 5.73 Å². The van der Waals surface area contributed by atoms with Gasteiger partial charge in [0.15, 0.2) is 0 Å². The highest BCUT2D eigenvalue weighted by atomic mass is 79.9. The molecule has 0 aromatic heterocycles. The van der Waals surface area contributed by atoms with Gasteiger partial charge in [-0.1, -0.05) is 18.9 Å². The summed E-state index contributed by atoms with van der Waals surface area (Å²) >= 11 is 3.51. The quantitative estimate of drug-likeness (QED) is 0.660. The van der Waals surface area contributed by atoms with Crippen molar-refractivity contribution in [2.45, 2.75) is 38.6 Å². The highest BCUT2D eigenvalue weighted by molar-refractivity contribution is 9.10. The van der Waals surface area contributed by atoms with E-state index in [0.717, 1.165) is 22.3 Å². The van der Waals surface area contributed by atoms with Crippen molar-refractivity contribution < 1.29 is 0 Å². The number of rotatable bonds is 4. The number of amidine groups is 1. The summed E-state index contributed by atoms with van der Waals surface area (Å²) in [5.41, 5.74) is 7.65. The number of anilines is 1. The molecule has 98 valence electrons. The van der Waals surface area contributed by atoms with Crippen LogP contribution in [0.15, 0.2) is 22.7 Å². The second-order valence-corrected chi connectivity index (χ2v) is 5.63. The van der Waals surface area contributed by atoms with Crippen molar-refractivity contribution >= 4 is 27.5 Å². The molecule has 18 heavy (non-hydrogen) atoms. The minimum atomic E-state index is 0.133. The summed E-state index contributed by atoms with van der Waals surface area (Å²) in [5, 5.41) is 7.78. The fraction of sp³-hybridized carbons (Fsp3) is 0.500. The Morgan fingerprint density at radius 1 is 1.44 bits per heavy atom. The van der Waals surface area contributed by atoms with Crippen LogP contribution in [0.5, 0.6) is 0 Å². The topological polar surface area (TPSA) is 53.1 Å². The molecule has 1 aromatic carbocycles. The molecule has 1 aliphatic carbocycles. The molecule has 2 rings (SSSR count). The number of hydrogen-bond donors (Lipinski definition) is 2. The first kappa shape index (κ1) is 13.4. The summed E-state index contributed by atoms with van der Waals surface area (Å²) in [7, 11) is 0. The van der Waals surface area contributed by atoms with E-state index in [0.29, 0.717) is 6.04 Å². The Balaban J connectivity index is 2.41. The monoisotopic (exact) mass is 309 g/mol. The maximum atomic E-state index is 7.78. The number of nitrogens with two attached hydrogens (primary N) is 1. The van der Waals surface area contributed by atoms with Crippen molar-refractivity contribution in [3.05, 3.63) is 28.2 Å². The summed E-state index contributed by atoms with van der Waals surface area (Å²) in [6, 6.07) is 6.64. The van der Waals surface area contributed by atoms with Gasteiger partial charge in [0.1, 0.15) is 5.84 Å². The number of halogens is 1. The third-order valence-corrected chi connectivity index (χ3v) is 4.34. The molecule has 0 aliphatic heterocycles. The Kier molecular flexibility index (Phi) is 4.27. The zero-order valence-electron chi connectivity index (χ0n) is 10.7. The van der Waals surface area contributed by atoms with Gasteiger partial charge in [0, 0.05) is 22.7 Å². The summed E-state index contributed by atoms with van der Waals surface area (Å²) in [6.07, 6.45) is 5.12. The van der Waals surface area contributed by atoms with Gasteiger partial charge in [-0.25, -0.2) is 0 Å². The van der Waals surface area contributed by atoms with Crippen molar-refractivity contribution in [3.63, 3.8) is 0 Å². The number of benzene rings is 1. The molecular weight excluding hydrogens is 290 g/mol. The van der Waals surface area contributed by atoms with Crippen molar-refractivity contribution in [1.29, 1.82) is 5.41 Å². The molecule has 0 saturated heterocycles. The van der Waals surface area contributed by atoms with Crippen LogP contribution in [0.2, 0.25) is 0 Å². The molecule has 0 spiro atoms. The lowest BCUT2D eigenvalue weighted by atomic mass is 10.1. The molecule has 3 N–H and O–H groups in total. The highest BCUT2D eigenvalue weighted by Crippen LogP contribution is 2.33. The lowest BCUT2D eigenvalue weighted by Crippen LogP contribution is -2.34. The summed E-state index contributed by atoms with van der Waals surface area (Å²) in [5.74, 6) is 0.133. The van der Waals surface area contributed by atoms with Crippen LogP contribution in [0.25, 0.3) is 0 Å². The Bertz CT molecular complexity index is 439. The molecule has 0 unspecified atom stereocenters. The van der Waals surface area contributed by atoms with Gasteiger partial charge in [-0.3, -0.25) is 5.41 Å². The standard InChI is InChI=1S/C14H20BrN3/c1-2-18(10-6-3-4-7-10)12-9-5-8-11(15)13(12)14(16)17/h5,8-10H,2-4,6-7H2,1H3,(H3,16,17). The van der Waals surface area contributed by atoms with Crippen LogP contribution in [0, 0.1) is 5.41 Å². The molecule has 1 aliphatic rings. The lowest BCUT2D eigenvalue weighted by Gasteiger charge is -2.32. The van der Waals surface area contributed by atoms with Crippen molar-refractivity contribution in [3.8, 4) is 0 Å². The third-order valence-electron chi connectivity index (χ3n) is 3.68. The minimum absolute atomic E-state index is 0.133. The fourth-order valence-corrected chi connectivity index (χ4v) is 3.43. The normalized spacial score (nSPS) is 15.9. The highest BCUT2D eigenvalue weighted by Gasteiger charge is 2.24. The largest absolute Gasteiger partial charge is 0.384 e. The van der Waals surface area contributed by atoms with Gasteiger partial charge in [-0.05, 0) is 47.8 Å². The molecule has 3 nitrogen and oxygen atoms in total. The van der Waals surface area contributed by atoms with E-state index in [4.69, 9.17) is 11.1 Å². The van der Waals surface area contributed by atoms with Crippen molar-refractivity contribution in [2.75, 3.05) is 11.4 Å². The Morgan fingerprint density at radius 3 is 2.67 bits per heavy atom. The molecule has 0 bridgehead atoms. The fourth-order valence-electron chi connectivity index (χ4n) is 2.86. The van der Waals surface area contributed by atoms with Crippen LogP contribution < -0.4 is 10.6 Å². The average Bonchev–Trinajstić information content (AvgIpc) is 2.83. The van der Waals surface area contributed by atoms with Crippen LogP contribution >= 0.6 is 15.9 Å². The number of nitrogens with zero attached hydrogens (tertiary/aromatic N) is 1. The van der Waals surface area contributed by atoms with E-state index in [1.807, 2.05) is 12.1 Å². The van der Waals surface area contributed by atoms with Gasteiger partial charge in [0.2, 0.25) is 0 Å². The van der Waals surface area contributed by atoms with E-state index >= 15 is 0 Å². The predicted molar refractivity (Wildman–Crippen MR) is 80.4 cm³/mol. The molecule has 1 saturated carbocycles. The number of nitrogens with one attached hydrogen (secondary N) is 1. The van der Waals surface area contributed by atoms with Gasteiger partial charge < -0.3 is 10.6 Å². The van der Waals surface area contributed by atoms with Gasteiger partial charge in [-0.2, -0.15) is 0 Å². The SMILES string of the molecule is CCN(c1cccc(Br)c1C(=N)N)C1CCCC1. The van der Waals surface area contributed by atoms with Crippen molar-refractivity contribution in [1.82, 2.24) is 0 Å². The second-order valence-electron chi connectivity index (χ2n) is 4.77. The molecule has 1 aromatic rings. The first-order valence-electron chi connectivity index (χ1n) is 6.54. The Morgan fingerprint density at radius 2 is 2.11 bits per heavy atom. The maximum Gasteiger partial charge on any atom is 0.126 e. The molecule has 4 heteroatoms. The van der Waals surface area contributed by atoms with Gasteiger partial charge >= 0.3 is 0 Å². The van der Waals surface area contributed by atoms with E-state index < -0.39 is 0 Å². The number of hydrogen-bond acceptors (Lipinski definition) is 2. The van der Waals surface area contributed by atoms with Gasteiger partial charge in [-0.15, -0.1) is 0 Å². The van der Waals surface area contributed by atoms with E-state index in [9.17, 15) is 0 Å². The molecule has 0 heterocycles. The summed E-state index contributed by atoms with van der Waals surface area (Å²) in [4.78, 5) is 2.40. The van der Waals surface area contributed by atoms with Crippen LogP contribution in [0.1, 0.15) is 38.2 Å². The van der Waals surface area contributed by atoms with E-state index in [1.165, 1.54) is 25.7 Å².